The third-order valence-corrected chi connectivity index (χ3v) is 3.62. The van der Waals surface area contributed by atoms with Crippen molar-refractivity contribution in [1.82, 2.24) is 19.9 Å². The number of aromatic nitrogens is 4. The maximum absolute atomic E-state index is 13.1. The zero-order valence-corrected chi connectivity index (χ0v) is 14.3. The van der Waals surface area contributed by atoms with Crippen molar-refractivity contribution < 1.29 is 17.9 Å². The van der Waals surface area contributed by atoms with E-state index in [0.717, 1.165) is 11.8 Å². The SMILES string of the molecule is Cc1ccc(Oc2cc(C(F)(F)F)nc(-c3ccccn3)n2)c(Br)n1. The quantitative estimate of drug-likeness (QED) is 0.579. The highest BCUT2D eigenvalue weighted by Gasteiger charge is 2.34. The predicted octanol–water partition coefficient (Wildman–Crippen LogP) is 4.82. The maximum atomic E-state index is 13.1. The average molecular weight is 411 g/mol. The first-order valence-corrected chi connectivity index (χ1v) is 7.81. The number of ether oxygens (including phenoxy) is 1. The monoisotopic (exact) mass is 410 g/mol. The van der Waals surface area contributed by atoms with Crippen molar-refractivity contribution in [3.8, 4) is 23.1 Å². The van der Waals surface area contributed by atoms with Crippen molar-refractivity contribution in [2.24, 2.45) is 0 Å². The van der Waals surface area contributed by atoms with Gasteiger partial charge in [-0.25, -0.2) is 9.97 Å². The second-order valence-electron chi connectivity index (χ2n) is 4.97. The van der Waals surface area contributed by atoms with Crippen LogP contribution < -0.4 is 4.74 Å². The Balaban J connectivity index is 2.06. The summed E-state index contributed by atoms with van der Waals surface area (Å²) < 4.78 is 45.3. The molecule has 3 aromatic rings. The third-order valence-electron chi connectivity index (χ3n) is 3.06. The Hall–Kier alpha value is -2.55. The van der Waals surface area contributed by atoms with E-state index < -0.39 is 11.9 Å². The van der Waals surface area contributed by atoms with E-state index in [9.17, 15) is 13.2 Å². The number of pyridine rings is 2. The lowest BCUT2D eigenvalue weighted by molar-refractivity contribution is -0.141. The zero-order valence-electron chi connectivity index (χ0n) is 12.8. The average Bonchev–Trinajstić information content (AvgIpc) is 2.57. The molecule has 3 heterocycles. The Bertz CT molecular complexity index is 904. The van der Waals surface area contributed by atoms with Gasteiger partial charge in [0, 0.05) is 18.0 Å². The molecule has 0 unspecified atom stereocenters. The number of rotatable bonds is 3. The summed E-state index contributed by atoms with van der Waals surface area (Å²) in [4.78, 5) is 15.7. The van der Waals surface area contributed by atoms with Crippen LogP contribution in [0.3, 0.4) is 0 Å². The second-order valence-corrected chi connectivity index (χ2v) is 5.72. The summed E-state index contributed by atoms with van der Waals surface area (Å²) in [5.41, 5.74) is -0.180. The van der Waals surface area contributed by atoms with Crippen LogP contribution in [-0.4, -0.2) is 19.9 Å². The standard InChI is InChI=1S/C16H10BrF3N4O/c1-9-5-6-11(14(17)22-9)25-13-8-12(16(18,19)20)23-15(24-13)10-4-2-3-7-21-10/h2-8H,1H3. The minimum atomic E-state index is -4.65. The molecule has 0 saturated heterocycles. The molecule has 5 nitrogen and oxygen atoms in total. The molecular weight excluding hydrogens is 401 g/mol. The third kappa shape index (κ3) is 4.11. The molecule has 0 amide bonds. The summed E-state index contributed by atoms with van der Waals surface area (Å²) >= 11 is 3.21. The van der Waals surface area contributed by atoms with Crippen LogP contribution in [0.1, 0.15) is 11.4 Å². The fraction of sp³-hybridized carbons (Fsp3) is 0.125. The minimum Gasteiger partial charge on any atom is -0.436 e. The number of halogens is 4. The summed E-state index contributed by atoms with van der Waals surface area (Å²) in [6.45, 7) is 1.78. The molecule has 128 valence electrons. The van der Waals surface area contributed by atoms with Gasteiger partial charge in [0.15, 0.2) is 17.3 Å². The molecular formula is C16H10BrF3N4O. The summed E-state index contributed by atoms with van der Waals surface area (Å²) in [5.74, 6) is -0.194. The second kappa shape index (κ2) is 6.75. The van der Waals surface area contributed by atoms with Crippen molar-refractivity contribution in [2.45, 2.75) is 13.1 Å². The fourth-order valence-corrected chi connectivity index (χ4v) is 2.43. The Morgan fingerprint density at radius 1 is 1.04 bits per heavy atom. The van der Waals surface area contributed by atoms with Crippen molar-refractivity contribution in [2.75, 3.05) is 0 Å². The molecule has 0 radical (unpaired) electrons. The zero-order chi connectivity index (χ0) is 18.0. The molecule has 0 aliphatic heterocycles. The first kappa shape index (κ1) is 17.3. The molecule has 3 aromatic heterocycles. The first-order chi connectivity index (χ1) is 11.8. The van der Waals surface area contributed by atoms with E-state index in [2.05, 4.69) is 35.9 Å². The maximum Gasteiger partial charge on any atom is 0.433 e. The molecule has 0 spiro atoms. The van der Waals surface area contributed by atoms with E-state index in [-0.39, 0.29) is 23.1 Å². The van der Waals surface area contributed by atoms with E-state index in [0.29, 0.717) is 4.60 Å². The van der Waals surface area contributed by atoms with E-state index in [1.54, 1.807) is 31.2 Å². The Kier molecular flexibility index (Phi) is 4.67. The van der Waals surface area contributed by atoms with E-state index >= 15 is 0 Å². The van der Waals surface area contributed by atoms with Crippen molar-refractivity contribution >= 4 is 15.9 Å². The Morgan fingerprint density at radius 2 is 1.84 bits per heavy atom. The molecule has 0 bridgehead atoms. The summed E-state index contributed by atoms with van der Waals surface area (Å²) in [6, 6.07) is 8.78. The molecule has 0 aromatic carbocycles. The topological polar surface area (TPSA) is 60.8 Å². The van der Waals surface area contributed by atoms with Gasteiger partial charge in [0.2, 0.25) is 5.88 Å². The summed E-state index contributed by atoms with van der Waals surface area (Å²) in [7, 11) is 0. The predicted molar refractivity (Wildman–Crippen MR) is 87.0 cm³/mol. The lowest BCUT2D eigenvalue weighted by atomic mass is 10.3. The van der Waals surface area contributed by atoms with Crippen LogP contribution in [0.15, 0.2) is 47.2 Å². The number of aryl methyl sites for hydroxylation is 1. The van der Waals surface area contributed by atoms with Crippen LogP contribution in [-0.2, 0) is 6.18 Å². The minimum absolute atomic E-state index is 0.179. The smallest absolute Gasteiger partial charge is 0.433 e. The molecule has 0 N–H and O–H groups in total. The molecule has 0 fully saturated rings. The number of nitrogens with zero attached hydrogens (tertiary/aromatic N) is 4. The van der Waals surface area contributed by atoms with Crippen molar-refractivity contribution in [3.63, 3.8) is 0 Å². The Morgan fingerprint density at radius 3 is 2.48 bits per heavy atom. The van der Waals surface area contributed by atoms with Gasteiger partial charge in [-0.05, 0) is 47.1 Å². The van der Waals surface area contributed by atoms with Crippen LogP contribution in [0.4, 0.5) is 13.2 Å². The molecule has 25 heavy (non-hydrogen) atoms. The molecule has 0 saturated carbocycles. The van der Waals surface area contributed by atoms with E-state index in [1.165, 1.54) is 12.3 Å². The van der Waals surface area contributed by atoms with Crippen LogP contribution in [0.5, 0.6) is 11.6 Å². The highest BCUT2D eigenvalue weighted by Crippen LogP contribution is 2.33. The van der Waals surface area contributed by atoms with Gasteiger partial charge in [0.25, 0.3) is 0 Å². The summed E-state index contributed by atoms with van der Waals surface area (Å²) in [6.07, 6.45) is -3.20. The van der Waals surface area contributed by atoms with Crippen LogP contribution in [0, 0.1) is 6.92 Å². The number of hydrogen-bond acceptors (Lipinski definition) is 5. The molecule has 3 rings (SSSR count). The van der Waals surface area contributed by atoms with Gasteiger partial charge < -0.3 is 4.74 Å². The van der Waals surface area contributed by atoms with Crippen molar-refractivity contribution in [3.05, 3.63) is 58.6 Å². The van der Waals surface area contributed by atoms with Gasteiger partial charge in [-0.3, -0.25) is 4.98 Å². The van der Waals surface area contributed by atoms with Gasteiger partial charge >= 0.3 is 6.18 Å². The lowest BCUT2D eigenvalue weighted by Crippen LogP contribution is -2.10. The highest BCUT2D eigenvalue weighted by molar-refractivity contribution is 9.10. The molecule has 0 aliphatic rings. The highest BCUT2D eigenvalue weighted by atomic mass is 79.9. The van der Waals surface area contributed by atoms with Crippen LogP contribution >= 0.6 is 15.9 Å². The van der Waals surface area contributed by atoms with Crippen molar-refractivity contribution in [1.29, 1.82) is 0 Å². The summed E-state index contributed by atoms with van der Waals surface area (Å²) in [5, 5.41) is 0. The largest absolute Gasteiger partial charge is 0.436 e. The van der Waals surface area contributed by atoms with Gasteiger partial charge in [0.1, 0.15) is 10.3 Å². The number of alkyl halides is 3. The molecule has 9 heteroatoms. The van der Waals surface area contributed by atoms with Gasteiger partial charge in [-0.15, -0.1) is 0 Å². The fourth-order valence-electron chi connectivity index (χ4n) is 1.93. The first-order valence-electron chi connectivity index (χ1n) is 7.01. The van der Waals surface area contributed by atoms with E-state index in [4.69, 9.17) is 4.74 Å². The lowest BCUT2D eigenvalue weighted by Gasteiger charge is -2.11. The normalized spacial score (nSPS) is 11.4. The molecule has 0 aliphatic carbocycles. The van der Waals surface area contributed by atoms with Gasteiger partial charge in [0.05, 0.1) is 0 Å². The van der Waals surface area contributed by atoms with Crippen LogP contribution in [0.2, 0.25) is 0 Å². The van der Waals surface area contributed by atoms with Gasteiger partial charge in [-0.2, -0.15) is 18.2 Å². The molecule has 0 atom stereocenters. The van der Waals surface area contributed by atoms with E-state index in [1.807, 2.05) is 0 Å². The van der Waals surface area contributed by atoms with Crippen LogP contribution in [0.25, 0.3) is 11.5 Å². The Labute approximate surface area is 149 Å². The van der Waals surface area contributed by atoms with Gasteiger partial charge in [-0.1, -0.05) is 6.07 Å². The number of hydrogen-bond donors (Lipinski definition) is 0.